The molecule has 0 amide bonds. The summed E-state index contributed by atoms with van der Waals surface area (Å²) in [6, 6.07) is 14.5. The van der Waals surface area contributed by atoms with Crippen molar-refractivity contribution in [3.8, 4) is 6.07 Å². The van der Waals surface area contributed by atoms with Crippen LogP contribution in [0.3, 0.4) is 0 Å². The maximum Gasteiger partial charge on any atom is 0.130 e. The molecule has 0 heterocycles. The number of allylic oxidation sites excluding steroid dienone is 1. The summed E-state index contributed by atoms with van der Waals surface area (Å²) in [4.78, 5) is 10.3. The standard InChI is InChI=1S/C15H9FN2O/c16-15-4-2-1-3-12(15)9-13(10-17)11-5-7-14(18-19)8-6-11/h1-9H/b13-9+. The minimum Gasteiger partial charge on any atom is -0.206 e. The summed E-state index contributed by atoms with van der Waals surface area (Å²) in [5.74, 6) is -0.388. The van der Waals surface area contributed by atoms with Crippen molar-refractivity contribution < 1.29 is 4.39 Å². The Morgan fingerprint density at radius 1 is 1.16 bits per heavy atom. The van der Waals surface area contributed by atoms with Crippen LogP contribution in [0.15, 0.2) is 53.7 Å². The largest absolute Gasteiger partial charge is 0.206 e. The van der Waals surface area contributed by atoms with E-state index in [1.54, 1.807) is 30.3 Å². The van der Waals surface area contributed by atoms with E-state index < -0.39 is 0 Å². The summed E-state index contributed by atoms with van der Waals surface area (Å²) in [7, 11) is 0. The fourth-order valence-electron chi connectivity index (χ4n) is 1.63. The maximum absolute atomic E-state index is 13.5. The lowest BCUT2D eigenvalue weighted by molar-refractivity contribution is 0.625. The zero-order valence-electron chi connectivity index (χ0n) is 9.88. The second-order valence-corrected chi connectivity index (χ2v) is 3.83. The van der Waals surface area contributed by atoms with Crippen LogP contribution in [0.5, 0.6) is 0 Å². The second kappa shape index (κ2) is 5.69. The molecule has 3 nitrogen and oxygen atoms in total. The van der Waals surface area contributed by atoms with Gasteiger partial charge < -0.3 is 0 Å². The van der Waals surface area contributed by atoms with Gasteiger partial charge in [-0.15, -0.1) is 4.91 Å². The highest BCUT2D eigenvalue weighted by Gasteiger charge is 2.04. The Bertz CT molecular complexity index is 669. The molecule has 0 atom stereocenters. The van der Waals surface area contributed by atoms with Gasteiger partial charge in [-0.25, -0.2) is 4.39 Å². The van der Waals surface area contributed by atoms with Crippen LogP contribution >= 0.6 is 0 Å². The molecule has 0 spiro atoms. The van der Waals surface area contributed by atoms with Crippen LogP contribution in [0.1, 0.15) is 11.1 Å². The van der Waals surface area contributed by atoms with Gasteiger partial charge >= 0.3 is 0 Å². The van der Waals surface area contributed by atoms with Crippen molar-refractivity contribution in [1.29, 1.82) is 5.26 Å². The number of halogens is 1. The Kier molecular flexibility index (Phi) is 3.79. The topological polar surface area (TPSA) is 53.2 Å². The van der Waals surface area contributed by atoms with E-state index in [2.05, 4.69) is 5.18 Å². The van der Waals surface area contributed by atoms with Gasteiger partial charge in [0.15, 0.2) is 0 Å². The van der Waals surface area contributed by atoms with Crippen molar-refractivity contribution in [2.45, 2.75) is 0 Å². The van der Waals surface area contributed by atoms with E-state index in [-0.39, 0.29) is 11.5 Å². The van der Waals surface area contributed by atoms with E-state index in [1.807, 2.05) is 6.07 Å². The predicted octanol–water partition coefficient (Wildman–Crippen LogP) is 4.29. The van der Waals surface area contributed by atoms with Crippen LogP contribution in [0.25, 0.3) is 11.6 Å². The molecule has 0 radical (unpaired) electrons. The van der Waals surface area contributed by atoms with E-state index in [9.17, 15) is 9.30 Å². The Hall–Kier alpha value is -2.80. The third-order valence-corrected chi connectivity index (χ3v) is 2.61. The molecule has 2 aromatic rings. The Morgan fingerprint density at radius 3 is 2.42 bits per heavy atom. The van der Waals surface area contributed by atoms with Crippen LogP contribution in [-0.4, -0.2) is 0 Å². The van der Waals surface area contributed by atoms with Crippen LogP contribution in [0.2, 0.25) is 0 Å². The fourth-order valence-corrected chi connectivity index (χ4v) is 1.63. The first kappa shape index (κ1) is 12.7. The van der Waals surface area contributed by atoms with E-state index >= 15 is 0 Å². The first-order chi connectivity index (χ1) is 9.24. The predicted molar refractivity (Wildman–Crippen MR) is 71.8 cm³/mol. The first-order valence-electron chi connectivity index (χ1n) is 5.54. The fraction of sp³-hybridized carbons (Fsp3) is 0. The van der Waals surface area contributed by atoms with Gasteiger partial charge in [-0.2, -0.15) is 5.26 Å². The molecule has 0 unspecified atom stereocenters. The highest BCUT2D eigenvalue weighted by Crippen LogP contribution is 2.21. The summed E-state index contributed by atoms with van der Waals surface area (Å²) in [6.07, 6.45) is 1.47. The molecule has 2 aromatic carbocycles. The molecule has 0 aliphatic heterocycles. The summed E-state index contributed by atoms with van der Waals surface area (Å²) < 4.78 is 13.5. The van der Waals surface area contributed by atoms with Gasteiger partial charge in [-0.1, -0.05) is 30.3 Å². The molecule has 2 rings (SSSR count). The quantitative estimate of drug-likeness (QED) is 0.465. The molecule has 0 aliphatic carbocycles. The number of nitriles is 1. The maximum atomic E-state index is 13.5. The molecule has 19 heavy (non-hydrogen) atoms. The van der Waals surface area contributed by atoms with Crippen molar-refractivity contribution in [2.75, 3.05) is 0 Å². The van der Waals surface area contributed by atoms with E-state index in [1.165, 1.54) is 24.3 Å². The smallest absolute Gasteiger partial charge is 0.130 e. The lowest BCUT2D eigenvalue weighted by Gasteiger charge is -2.01. The normalized spacial score (nSPS) is 10.8. The molecular weight excluding hydrogens is 243 g/mol. The third kappa shape index (κ3) is 2.90. The molecular formula is C15H9FN2O. The van der Waals surface area contributed by atoms with Crippen LogP contribution < -0.4 is 0 Å². The van der Waals surface area contributed by atoms with Crippen LogP contribution in [0, 0.1) is 22.1 Å². The van der Waals surface area contributed by atoms with Crippen molar-refractivity contribution in [3.63, 3.8) is 0 Å². The van der Waals surface area contributed by atoms with Crippen molar-refractivity contribution in [1.82, 2.24) is 0 Å². The van der Waals surface area contributed by atoms with E-state index in [0.717, 1.165) is 0 Å². The number of hydrogen-bond acceptors (Lipinski definition) is 3. The summed E-state index contributed by atoms with van der Waals surface area (Å²) >= 11 is 0. The SMILES string of the molecule is N#C/C(=C\c1ccccc1F)c1ccc(N=O)cc1. The Morgan fingerprint density at radius 2 is 1.84 bits per heavy atom. The molecule has 0 bridgehead atoms. The lowest BCUT2D eigenvalue weighted by atomic mass is 10.0. The van der Waals surface area contributed by atoms with E-state index in [4.69, 9.17) is 5.26 Å². The van der Waals surface area contributed by atoms with Crippen molar-refractivity contribution >= 4 is 17.3 Å². The average Bonchev–Trinajstić information content (AvgIpc) is 2.47. The minimum absolute atomic E-state index is 0.284. The van der Waals surface area contributed by atoms with Gasteiger partial charge in [0.2, 0.25) is 0 Å². The van der Waals surface area contributed by atoms with Gasteiger partial charge in [0.05, 0.1) is 11.6 Å². The average molecular weight is 252 g/mol. The van der Waals surface area contributed by atoms with E-state index in [0.29, 0.717) is 16.7 Å². The van der Waals surface area contributed by atoms with Crippen molar-refractivity contribution in [2.24, 2.45) is 5.18 Å². The molecule has 0 fully saturated rings. The van der Waals surface area contributed by atoms with Crippen LogP contribution in [0.4, 0.5) is 10.1 Å². The molecule has 4 heteroatoms. The third-order valence-electron chi connectivity index (χ3n) is 2.61. The zero-order chi connectivity index (χ0) is 13.7. The van der Waals surface area contributed by atoms with Crippen molar-refractivity contribution in [3.05, 3.63) is 70.4 Å². The molecule has 0 saturated carbocycles. The van der Waals surface area contributed by atoms with Gasteiger partial charge in [-0.05, 0) is 35.0 Å². The Balaban J connectivity index is 2.42. The lowest BCUT2D eigenvalue weighted by Crippen LogP contribution is -1.84. The summed E-state index contributed by atoms with van der Waals surface area (Å²) in [5.41, 5.74) is 1.56. The highest BCUT2D eigenvalue weighted by atomic mass is 19.1. The highest BCUT2D eigenvalue weighted by molar-refractivity contribution is 5.89. The number of rotatable bonds is 3. The molecule has 92 valence electrons. The second-order valence-electron chi connectivity index (χ2n) is 3.83. The van der Waals surface area contributed by atoms with Gasteiger partial charge in [-0.3, -0.25) is 0 Å². The van der Waals surface area contributed by atoms with Gasteiger partial charge in [0, 0.05) is 5.56 Å². The number of benzene rings is 2. The zero-order valence-corrected chi connectivity index (χ0v) is 9.88. The molecule has 0 N–H and O–H groups in total. The number of hydrogen-bond donors (Lipinski definition) is 0. The monoisotopic (exact) mass is 252 g/mol. The molecule has 0 aromatic heterocycles. The molecule has 0 saturated heterocycles. The number of nitroso groups, excluding NO2 is 1. The first-order valence-corrected chi connectivity index (χ1v) is 5.54. The number of nitrogens with zero attached hydrogens (tertiary/aromatic N) is 2. The summed E-state index contributed by atoms with van der Waals surface area (Å²) in [6.45, 7) is 0. The summed E-state index contributed by atoms with van der Waals surface area (Å²) in [5, 5.41) is 11.9. The molecule has 0 aliphatic rings. The van der Waals surface area contributed by atoms with Crippen LogP contribution in [-0.2, 0) is 0 Å². The Labute approximate surface area is 109 Å². The van der Waals surface area contributed by atoms with Gasteiger partial charge in [0.25, 0.3) is 0 Å². The minimum atomic E-state index is -0.388. The van der Waals surface area contributed by atoms with Gasteiger partial charge in [0.1, 0.15) is 11.5 Å².